The quantitative estimate of drug-likeness (QED) is 0.747. The fourth-order valence-corrected chi connectivity index (χ4v) is 0.683. The molecule has 0 unspecified atom stereocenters. The summed E-state index contributed by atoms with van der Waals surface area (Å²) in [4.78, 5) is 0. The van der Waals surface area contributed by atoms with Crippen molar-refractivity contribution in [1.82, 2.24) is 0 Å². The second kappa shape index (κ2) is 23.6. The van der Waals surface area contributed by atoms with E-state index < -0.39 is 0 Å². The minimum atomic E-state index is 0.740. The van der Waals surface area contributed by atoms with E-state index in [-0.39, 0.29) is 0 Å². The molecule has 2 nitrogen and oxygen atoms in total. The van der Waals surface area contributed by atoms with Crippen LogP contribution in [0.5, 0.6) is 5.75 Å². The molecule has 0 saturated heterocycles. The third-order valence-electron chi connectivity index (χ3n) is 1.05. The van der Waals surface area contributed by atoms with Gasteiger partial charge in [0.05, 0.1) is 6.61 Å². The van der Waals surface area contributed by atoms with Gasteiger partial charge in [0.25, 0.3) is 0 Å². The molecule has 0 amide bonds. The summed E-state index contributed by atoms with van der Waals surface area (Å²) in [5, 5.41) is 0. The highest BCUT2D eigenvalue weighted by Crippen LogP contribution is 2.06. The molecule has 0 atom stereocenters. The molecule has 96 valence electrons. The first-order chi connectivity index (χ1) is 7.85. The maximum Gasteiger partial charge on any atom is 0.119 e. The topological polar surface area (TPSA) is 18.5 Å². The molecule has 0 spiro atoms. The van der Waals surface area contributed by atoms with E-state index in [0.717, 1.165) is 12.4 Å². The average Bonchev–Trinajstić information content (AvgIpc) is 2.37. The van der Waals surface area contributed by atoms with Crippen molar-refractivity contribution in [2.45, 2.75) is 34.6 Å². The minimum absolute atomic E-state index is 0.740. The molecule has 0 N–H and O–H groups in total. The van der Waals surface area contributed by atoms with Crippen LogP contribution in [-0.2, 0) is 4.74 Å². The largest absolute Gasteiger partial charge is 0.494 e. The van der Waals surface area contributed by atoms with Gasteiger partial charge in [0.1, 0.15) is 5.75 Å². The Labute approximate surface area is 102 Å². The lowest BCUT2D eigenvalue weighted by Gasteiger charge is -1.99. The first-order valence-corrected chi connectivity index (χ1v) is 5.93. The van der Waals surface area contributed by atoms with Crippen LogP contribution >= 0.6 is 0 Å². The predicted octanol–water partition coefficient (Wildman–Crippen LogP) is 4.40. The molecule has 0 aliphatic heterocycles. The Bertz CT molecular complexity index is 173. The van der Waals surface area contributed by atoms with E-state index >= 15 is 0 Å². The maximum atomic E-state index is 5.21. The third kappa shape index (κ3) is 18.7. The zero-order valence-corrected chi connectivity index (χ0v) is 11.9. The van der Waals surface area contributed by atoms with Gasteiger partial charge >= 0.3 is 0 Å². The van der Waals surface area contributed by atoms with Gasteiger partial charge in [0.15, 0.2) is 0 Å². The van der Waals surface area contributed by atoms with Crippen LogP contribution in [0, 0.1) is 0 Å². The summed E-state index contributed by atoms with van der Waals surface area (Å²) in [5.41, 5.74) is 0. The van der Waals surface area contributed by atoms with E-state index in [2.05, 4.69) is 4.74 Å². The first kappa shape index (κ1) is 20.4. The second-order valence-corrected chi connectivity index (χ2v) is 2.15. The first-order valence-electron chi connectivity index (χ1n) is 5.93. The molecule has 0 saturated carbocycles. The molecule has 1 aromatic carbocycles. The maximum absolute atomic E-state index is 5.21. The van der Waals surface area contributed by atoms with Crippen molar-refractivity contribution < 1.29 is 9.47 Å². The number of ether oxygens (including phenoxy) is 2. The van der Waals surface area contributed by atoms with Gasteiger partial charge in [-0.3, -0.25) is 0 Å². The Kier molecular flexibility index (Phi) is 30.2. The van der Waals surface area contributed by atoms with Gasteiger partial charge in [-0.1, -0.05) is 45.9 Å². The lowest BCUT2D eigenvalue weighted by atomic mass is 10.3. The summed E-state index contributed by atoms with van der Waals surface area (Å²) in [6, 6.07) is 9.80. The summed E-state index contributed by atoms with van der Waals surface area (Å²) in [5.74, 6) is 0.944. The summed E-state index contributed by atoms with van der Waals surface area (Å²) in [6.45, 7) is 10.7. The van der Waals surface area contributed by atoms with Crippen LogP contribution in [0.3, 0.4) is 0 Å². The number of hydrogen-bond donors (Lipinski definition) is 0. The highest BCUT2D eigenvalue weighted by molar-refractivity contribution is 5.20. The van der Waals surface area contributed by atoms with Crippen molar-refractivity contribution >= 4 is 0 Å². The molecule has 2 heteroatoms. The van der Waals surface area contributed by atoms with Crippen molar-refractivity contribution in [1.29, 1.82) is 0 Å². The average molecular weight is 228 g/mol. The van der Waals surface area contributed by atoms with Gasteiger partial charge in [0, 0.05) is 14.2 Å². The highest BCUT2D eigenvalue weighted by atomic mass is 16.5. The minimum Gasteiger partial charge on any atom is -0.494 e. The van der Waals surface area contributed by atoms with Crippen LogP contribution in [-0.4, -0.2) is 20.8 Å². The van der Waals surface area contributed by atoms with Crippen LogP contribution in [0.2, 0.25) is 0 Å². The zero-order chi connectivity index (χ0) is 13.2. The van der Waals surface area contributed by atoms with Crippen molar-refractivity contribution in [2.24, 2.45) is 0 Å². The van der Waals surface area contributed by atoms with E-state index in [0.29, 0.717) is 0 Å². The fourth-order valence-electron chi connectivity index (χ4n) is 0.683. The number of hydrogen-bond acceptors (Lipinski definition) is 2. The van der Waals surface area contributed by atoms with E-state index in [9.17, 15) is 0 Å². The van der Waals surface area contributed by atoms with Gasteiger partial charge in [-0.2, -0.15) is 0 Å². The molecule has 0 heterocycles. The Morgan fingerprint density at radius 3 is 1.56 bits per heavy atom. The normalized spacial score (nSPS) is 6.94. The van der Waals surface area contributed by atoms with Gasteiger partial charge in [-0.25, -0.2) is 0 Å². The van der Waals surface area contributed by atoms with Gasteiger partial charge < -0.3 is 9.47 Å². The summed E-state index contributed by atoms with van der Waals surface area (Å²) in [6.07, 6.45) is 0. The SMILES string of the molecule is CC.CC.CCOc1ccccc1.COC. The summed E-state index contributed by atoms with van der Waals surface area (Å²) >= 11 is 0. The molecule has 1 aromatic rings. The van der Waals surface area contributed by atoms with E-state index in [1.807, 2.05) is 65.0 Å². The smallest absolute Gasteiger partial charge is 0.119 e. The number of para-hydroxylation sites is 1. The molecular formula is C14H28O2. The van der Waals surface area contributed by atoms with Crippen molar-refractivity contribution in [3.05, 3.63) is 30.3 Å². The zero-order valence-electron chi connectivity index (χ0n) is 11.9. The summed E-state index contributed by atoms with van der Waals surface area (Å²) < 4.78 is 9.46. The molecule has 0 radical (unpaired) electrons. The van der Waals surface area contributed by atoms with Crippen LogP contribution in [0.25, 0.3) is 0 Å². The fraction of sp³-hybridized carbons (Fsp3) is 0.571. The summed E-state index contributed by atoms with van der Waals surface area (Å²) in [7, 11) is 3.25. The lowest BCUT2D eigenvalue weighted by molar-refractivity contribution is 0.277. The lowest BCUT2D eigenvalue weighted by Crippen LogP contribution is -1.89. The van der Waals surface area contributed by atoms with Crippen LogP contribution in [0.4, 0.5) is 0 Å². The molecule has 1 rings (SSSR count). The molecular weight excluding hydrogens is 200 g/mol. The third-order valence-corrected chi connectivity index (χ3v) is 1.05. The van der Waals surface area contributed by atoms with Gasteiger partial charge in [-0.05, 0) is 19.1 Å². The molecule has 0 aromatic heterocycles. The number of methoxy groups -OCH3 is 1. The predicted molar refractivity (Wildman–Crippen MR) is 73.2 cm³/mol. The molecule has 0 bridgehead atoms. The number of benzene rings is 1. The van der Waals surface area contributed by atoms with Crippen molar-refractivity contribution in [3.8, 4) is 5.75 Å². The Balaban J connectivity index is -0.000000206. The van der Waals surface area contributed by atoms with Gasteiger partial charge in [-0.15, -0.1) is 0 Å². The Morgan fingerprint density at radius 1 is 0.875 bits per heavy atom. The highest BCUT2D eigenvalue weighted by Gasteiger charge is 1.83. The number of rotatable bonds is 2. The molecule has 0 aliphatic carbocycles. The van der Waals surface area contributed by atoms with E-state index in [4.69, 9.17) is 4.74 Å². The second-order valence-electron chi connectivity index (χ2n) is 2.15. The van der Waals surface area contributed by atoms with Crippen molar-refractivity contribution in [2.75, 3.05) is 20.8 Å². The molecule has 0 aliphatic rings. The van der Waals surface area contributed by atoms with E-state index in [1.54, 1.807) is 14.2 Å². The van der Waals surface area contributed by atoms with E-state index in [1.165, 1.54) is 0 Å². The Morgan fingerprint density at radius 2 is 1.25 bits per heavy atom. The molecule has 0 fully saturated rings. The Hall–Kier alpha value is -1.02. The molecule has 16 heavy (non-hydrogen) atoms. The van der Waals surface area contributed by atoms with Crippen LogP contribution < -0.4 is 4.74 Å². The van der Waals surface area contributed by atoms with Gasteiger partial charge in [0.2, 0.25) is 0 Å². The van der Waals surface area contributed by atoms with Crippen LogP contribution in [0.15, 0.2) is 30.3 Å². The standard InChI is InChI=1S/C8H10O.C2H6O.2C2H6/c1-2-9-8-6-4-3-5-7-8;1-3-2;2*1-2/h3-7H,2H2,1H3;1-2H3;2*1-2H3. The van der Waals surface area contributed by atoms with Crippen LogP contribution in [0.1, 0.15) is 34.6 Å². The monoisotopic (exact) mass is 228 g/mol. The van der Waals surface area contributed by atoms with Crippen molar-refractivity contribution in [3.63, 3.8) is 0 Å².